The van der Waals surface area contributed by atoms with Crippen LogP contribution in [0.3, 0.4) is 0 Å². The number of rotatable bonds is 6. The first kappa shape index (κ1) is 18.1. The molecule has 0 aliphatic carbocycles. The highest BCUT2D eigenvalue weighted by atomic mass is 35.5. The van der Waals surface area contributed by atoms with Gasteiger partial charge in [-0.15, -0.1) is 0 Å². The van der Waals surface area contributed by atoms with Crippen molar-refractivity contribution >= 4 is 29.4 Å². The number of nitrogens with two attached hydrogens (primary N) is 1. The molecule has 2 N–H and O–H groups in total. The van der Waals surface area contributed by atoms with Crippen molar-refractivity contribution in [2.24, 2.45) is 11.7 Å². The Morgan fingerprint density at radius 3 is 2.79 bits per heavy atom. The topological polar surface area (TPSA) is 98.9 Å². The summed E-state index contributed by atoms with van der Waals surface area (Å²) in [5.74, 6) is -1.33. The zero-order valence-corrected chi connectivity index (χ0v) is 13.8. The summed E-state index contributed by atoms with van der Waals surface area (Å²) in [6.07, 6.45) is 1.37. The number of ether oxygens (including phenoxy) is 2. The minimum Gasteiger partial charge on any atom is -0.482 e. The predicted octanol–water partition coefficient (Wildman–Crippen LogP) is 0.986. The van der Waals surface area contributed by atoms with Gasteiger partial charge in [0, 0.05) is 18.1 Å². The predicted molar refractivity (Wildman–Crippen MR) is 86.4 cm³/mol. The van der Waals surface area contributed by atoms with Gasteiger partial charge in [-0.3, -0.25) is 9.59 Å². The van der Waals surface area contributed by atoms with E-state index in [9.17, 15) is 14.4 Å². The maximum Gasteiger partial charge on any atom is 0.344 e. The van der Waals surface area contributed by atoms with Crippen molar-refractivity contribution in [1.29, 1.82) is 0 Å². The van der Waals surface area contributed by atoms with E-state index in [0.29, 0.717) is 30.2 Å². The van der Waals surface area contributed by atoms with Crippen molar-refractivity contribution in [3.63, 3.8) is 0 Å². The maximum atomic E-state index is 12.0. The van der Waals surface area contributed by atoms with Crippen LogP contribution in [0.25, 0.3) is 0 Å². The summed E-state index contributed by atoms with van der Waals surface area (Å²) in [6.45, 7) is 0.0880. The fourth-order valence-electron chi connectivity index (χ4n) is 2.41. The Hall–Kier alpha value is -2.28. The van der Waals surface area contributed by atoms with Gasteiger partial charge in [-0.1, -0.05) is 17.7 Å². The second kappa shape index (κ2) is 8.54. The van der Waals surface area contributed by atoms with Crippen LogP contribution in [0.5, 0.6) is 5.75 Å². The molecule has 1 aromatic rings. The van der Waals surface area contributed by atoms with Gasteiger partial charge in [0.05, 0.1) is 5.92 Å². The zero-order chi connectivity index (χ0) is 17.5. The smallest absolute Gasteiger partial charge is 0.344 e. The van der Waals surface area contributed by atoms with E-state index in [0.717, 1.165) is 0 Å². The number of halogens is 1. The summed E-state index contributed by atoms with van der Waals surface area (Å²) >= 11 is 5.80. The standard InChI is InChI=1S/C16H19ClN2O5/c17-12-4-1-5-13(7-12)23-10-15(21)24-9-14(20)19-6-2-3-11(8-19)16(18)22/h1,4-5,7,11H,2-3,6,8-10H2,(H2,18,22)/t11-/m1/s1. The number of nitrogens with zero attached hydrogens (tertiary/aromatic N) is 1. The molecule has 24 heavy (non-hydrogen) atoms. The third-order valence-electron chi connectivity index (χ3n) is 3.69. The molecular weight excluding hydrogens is 336 g/mol. The van der Waals surface area contributed by atoms with Crippen molar-refractivity contribution in [2.75, 3.05) is 26.3 Å². The molecule has 0 saturated carbocycles. The van der Waals surface area contributed by atoms with Crippen molar-refractivity contribution in [3.05, 3.63) is 29.3 Å². The first-order valence-electron chi connectivity index (χ1n) is 7.57. The SMILES string of the molecule is NC(=O)[C@@H]1CCCN(C(=O)COC(=O)COc2cccc(Cl)c2)C1. The number of esters is 1. The Morgan fingerprint density at radius 1 is 1.29 bits per heavy atom. The number of hydrogen-bond donors (Lipinski definition) is 1. The lowest BCUT2D eigenvalue weighted by molar-refractivity contribution is -0.154. The van der Waals surface area contributed by atoms with Gasteiger partial charge in [0.2, 0.25) is 5.91 Å². The number of piperidine rings is 1. The molecule has 1 saturated heterocycles. The van der Waals surface area contributed by atoms with E-state index in [4.69, 9.17) is 26.8 Å². The molecule has 2 amide bonds. The maximum absolute atomic E-state index is 12.0. The van der Waals surface area contributed by atoms with Crippen LogP contribution in [-0.4, -0.2) is 49.0 Å². The number of benzene rings is 1. The Balaban J connectivity index is 1.73. The van der Waals surface area contributed by atoms with Crippen molar-refractivity contribution in [1.82, 2.24) is 4.90 Å². The Morgan fingerprint density at radius 2 is 2.08 bits per heavy atom. The highest BCUT2D eigenvalue weighted by Crippen LogP contribution is 2.17. The number of likely N-dealkylation sites (tertiary alicyclic amines) is 1. The molecule has 0 unspecified atom stereocenters. The van der Waals surface area contributed by atoms with E-state index in [-0.39, 0.29) is 31.6 Å². The van der Waals surface area contributed by atoms with Gasteiger partial charge < -0.3 is 20.1 Å². The van der Waals surface area contributed by atoms with Gasteiger partial charge in [0.1, 0.15) is 5.75 Å². The quantitative estimate of drug-likeness (QED) is 0.768. The van der Waals surface area contributed by atoms with Gasteiger partial charge in [-0.25, -0.2) is 4.79 Å². The monoisotopic (exact) mass is 354 g/mol. The second-order valence-corrected chi connectivity index (χ2v) is 5.92. The molecule has 0 radical (unpaired) electrons. The van der Waals surface area contributed by atoms with Gasteiger partial charge in [-0.05, 0) is 31.0 Å². The summed E-state index contributed by atoms with van der Waals surface area (Å²) in [4.78, 5) is 36.4. The molecule has 8 heteroatoms. The number of hydrogen-bond acceptors (Lipinski definition) is 5. The molecule has 1 fully saturated rings. The number of primary amides is 1. The lowest BCUT2D eigenvalue weighted by Gasteiger charge is -2.31. The Bertz CT molecular complexity index is 622. The van der Waals surface area contributed by atoms with E-state index in [1.54, 1.807) is 24.3 Å². The summed E-state index contributed by atoms with van der Waals surface area (Å²) in [5.41, 5.74) is 5.27. The van der Waals surface area contributed by atoms with E-state index < -0.39 is 11.9 Å². The average molecular weight is 355 g/mol. The first-order chi connectivity index (χ1) is 11.5. The Labute approximate surface area is 144 Å². The van der Waals surface area contributed by atoms with Gasteiger partial charge in [0.25, 0.3) is 5.91 Å². The summed E-state index contributed by atoms with van der Waals surface area (Å²) < 4.78 is 10.1. The molecule has 2 rings (SSSR count). The van der Waals surface area contributed by atoms with Crippen LogP contribution in [-0.2, 0) is 19.1 Å². The highest BCUT2D eigenvalue weighted by Gasteiger charge is 2.27. The summed E-state index contributed by atoms with van der Waals surface area (Å²) in [7, 11) is 0. The number of carbonyl (C=O) groups is 3. The molecule has 1 heterocycles. The summed E-state index contributed by atoms with van der Waals surface area (Å²) in [6, 6.07) is 6.60. The Kier molecular flexibility index (Phi) is 6.43. The van der Waals surface area contributed by atoms with Gasteiger partial charge in [-0.2, -0.15) is 0 Å². The summed E-state index contributed by atoms with van der Waals surface area (Å²) in [5, 5.41) is 0.491. The van der Waals surface area contributed by atoms with Crippen molar-refractivity contribution < 1.29 is 23.9 Å². The lowest BCUT2D eigenvalue weighted by Crippen LogP contribution is -2.45. The zero-order valence-electron chi connectivity index (χ0n) is 13.1. The second-order valence-electron chi connectivity index (χ2n) is 5.49. The van der Waals surface area contributed by atoms with Crippen LogP contribution in [0.1, 0.15) is 12.8 Å². The highest BCUT2D eigenvalue weighted by molar-refractivity contribution is 6.30. The fourth-order valence-corrected chi connectivity index (χ4v) is 2.59. The van der Waals surface area contributed by atoms with Crippen LogP contribution in [0.2, 0.25) is 5.02 Å². The average Bonchev–Trinajstić information content (AvgIpc) is 2.58. The van der Waals surface area contributed by atoms with E-state index in [2.05, 4.69) is 0 Å². The van der Waals surface area contributed by atoms with Crippen LogP contribution in [0.15, 0.2) is 24.3 Å². The normalized spacial score (nSPS) is 17.2. The van der Waals surface area contributed by atoms with Crippen molar-refractivity contribution in [3.8, 4) is 5.75 Å². The molecule has 130 valence electrons. The van der Waals surface area contributed by atoms with Crippen molar-refractivity contribution in [2.45, 2.75) is 12.8 Å². The molecule has 0 aromatic heterocycles. The molecule has 1 aliphatic heterocycles. The number of carbonyl (C=O) groups excluding carboxylic acids is 3. The van der Waals surface area contributed by atoms with Gasteiger partial charge >= 0.3 is 5.97 Å². The fraction of sp³-hybridized carbons (Fsp3) is 0.438. The minimum absolute atomic E-state index is 0.269. The van der Waals surface area contributed by atoms with E-state index in [1.807, 2.05) is 0 Å². The van der Waals surface area contributed by atoms with E-state index >= 15 is 0 Å². The molecule has 1 atom stereocenters. The number of amides is 2. The molecule has 7 nitrogen and oxygen atoms in total. The van der Waals surface area contributed by atoms with Crippen LogP contribution in [0.4, 0.5) is 0 Å². The first-order valence-corrected chi connectivity index (χ1v) is 7.94. The van der Waals surface area contributed by atoms with Crippen LogP contribution >= 0.6 is 11.6 Å². The minimum atomic E-state index is -0.660. The third kappa shape index (κ3) is 5.42. The largest absolute Gasteiger partial charge is 0.482 e. The molecule has 0 bridgehead atoms. The van der Waals surface area contributed by atoms with E-state index in [1.165, 1.54) is 4.90 Å². The van der Waals surface area contributed by atoms with Crippen LogP contribution in [0, 0.1) is 5.92 Å². The molecule has 0 spiro atoms. The lowest BCUT2D eigenvalue weighted by atomic mass is 9.97. The molecule has 1 aromatic carbocycles. The molecular formula is C16H19ClN2O5. The third-order valence-corrected chi connectivity index (χ3v) is 3.92. The van der Waals surface area contributed by atoms with Crippen LogP contribution < -0.4 is 10.5 Å². The molecule has 1 aliphatic rings. The van der Waals surface area contributed by atoms with Gasteiger partial charge in [0.15, 0.2) is 13.2 Å².